The lowest BCUT2D eigenvalue weighted by atomic mass is 10.2. The van der Waals surface area contributed by atoms with E-state index in [9.17, 15) is 8.42 Å². The van der Waals surface area contributed by atoms with Gasteiger partial charge < -0.3 is 4.74 Å². The monoisotopic (exact) mass is 264 g/mol. The molecule has 17 heavy (non-hydrogen) atoms. The van der Waals surface area contributed by atoms with Crippen LogP contribution in [0.15, 0.2) is 0 Å². The topological polar surface area (TPSA) is 58.6 Å². The quantitative estimate of drug-likeness (QED) is 0.724. The average molecular weight is 264 g/mol. The molecular weight excluding hydrogens is 240 g/mol. The van der Waals surface area contributed by atoms with E-state index in [4.69, 9.17) is 4.74 Å². The fourth-order valence-electron chi connectivity index (χ4n) is 2.22. The van der Waals surface area contributed by atoms with Crippen molar-refractivity contribution in [3.05, 3.63) is 0 Å². The van der Waals surface area contributed by atoms with Crippen molar-refractivity contribution in [2.24, 2.45) is 0 Å². The number of nitrogens with zero attached hydrogens (tertiary/aromatic N) is 1. The highest BCUT2D eigenvalue weighted by Crippen LogP contribution is 2.16. The minimum atomic E-state index is -3.24. The molecule has 0 aromatic heterocycles. The molecule has 1 rings (SSSR count). The molecule has 1 aliphatic heterocycles. The molecular formula is C11H24N2O3S. The van der Waals surface area contributed by atoms with E-state index in [0.717, 1.165) is 25.9 Å². The normalized spacial score (nSPS) is 24.1. The Bertz CT molecular complexity index is 319. The highest BCUT2D eigenvalue weighted by Gasteiger charge is 2.26. The van der Waals surface area contributed by atoms with Gasteiger partial charge in [-0.15, -0.1) is 0 Å². The summed E-state index contributed by atoms with van der Waals surface area (Å²) in [5.41, 5.74) is 0. The van der Waals surface area contributed by atoms with Gasteiger partial charge in [-0.1, -0.05) is 6.92 Å². The molecule has 1 heterocycles. The Labute approximate surface area is 105 Å². The summed E-state index contributed by atoms with van der Waals surface area (Å²) in [4.78, 5) is 2.32. The van der Waals surface area contributed by atoms with Gasteiger partial charge in [-0.2, -0.15) is 0 Å². The number of sulfonamides is 1. The maximum absolute atomic E-state index is 11.9. The van der Waals surface area contributed by atoms with Crippen molar-refractivity contribution in [2.45, 2.75) is 38.0 Å². The number of rotatable bonds is 7. The number of hydrogen-bond acceptors (Lipinski definition) is 4. The van der Waals surface area contributed by atoms with Crippen LogP contribution < -0.4 is 4.72 Å². The fourth-order valence-corrected chi connectivity index (χ4v) is 3.25. The smallest absolute Gasteiger partial charge is 0.216 e. The first-order valence-corrected chi connectivity index (χ1v) is 7.77. The second-order valence-electron chi connectivity index (χ2n) is 4.58. The van der Waals surface area contributed by atoms with Crippen LogP contribution in [0, 0.1) is 0 Å². The van der Waals surface area contributed by atoms with Crippen molar-refractivity contribution in [1.82, 2.24) is 9.62 Å². The predicted octanol–water partition coefficient (Wildman–Crippen LogP) is 0.425. The van der Waals surface area contributed by atoms with Crippen molar-refractivity contribution in [1.29, 1.82) is 0 Å². The third-order valence-electron chi connectivity index (χ3n) is 3.36. The summed E-state index contributed by atoms with van der Waals surface area (Å²) >= 11 is 0. The largest absolute Gasteiger partial charge is 0.383 e. The van der Waals surface area contributed by atoms with Gasteiger partial charge in [0.25, 0.3) is 0 Å². The van der Waals surface area contributed by atoms with E-state index in [2.05, 4.69) is 16.5 Å². The van der Waals surface area contributed by atoms with E-state index in [0.29, 0.717) is 12.6 Å². The van der Waals surface area contributed by atoms with E-state index in [1.165, 1.54) is 7.11 Å². The number of ether oxygens (including phenoxy) is 1. The number of likely N-dealkylation sites (tertiary alicyclic amines) is 1. The summed E-state index contributed by atoms with van der Waals surface area (Å²) in [6.07, 6.45) is 2.24. The second-order valence-corrected chi connectivity index (χ2v) is 6.77. The summed E-state index contributed by atoms with van der Waals surface area (Å²) in [5.74, 6) is 0. The molecule has 0 saturated carbocycles. The van der Waals surface area contributed by atoms with Gasteiger partial charge in [0.1, 0.15) is 0 Å². The molecule has 2 atom stereocenters. The molecule has 1 N–H and O–H groups in total. The Hall–Kier alpha value is -0.170. The molecule has 0 radical (unpaired) electrons. The number of methoxy groups -OCH3 is 1. The fraction of sp³-hybridized carbons (Fsp3) is 1.00. The Morgan fingerprint density at radius 2 is 2.24 bits per heavy atom. The molecule has 1 aliphatic rings. The maximum Gasteiger partial charge on any atom is 0.216 e. The highest BCUT2D eigenvalue weighted by atomic mass is 32.2. The van der Waals surface area contributed by atoms with E-state index in [-0.39, 0.29) is 6.61 Å². The Kier molecular flexibility index (Phi) is 5.85. The summed E-state index contributed by atoms with van der Waals surface area (Å²) in [7, 11) is -1.73. The zero-order valence-corrected chi connectivity index (χ0v) is 11.8. The molecule has 0 spiro atoms. The molecule has 1 fully saturated rings. The molecule has 0 aromatic rings. The van der Waals surface area contributed by atoms with Crippen molar-refractivity contribution in [2.75, 3.05) is 33.4 Å². The van der Waals surface area contributed by atoms with Crippen LogP contribution in [0.5, 0.6) is 0 Å². The van der Waals surface area contributed by atoms with Crippen molar-refractivity contribution < 1.29 is 13.2 Å². The lowest BCUT2D eigenvalue weighted by Crippen LogP contribution is -2.43. The van der Waals surface area contributed by atoms with E-state index in [1.807, 2.05) is 0 Å². The zero-order chi connectivity index (χ0) is 12.9. The third kappa shape index (κ3) is 4.21. The Morgan fingerprint density at radius 3 is 2.82 bits per heavy atom. The van der Waals surface area contributed by atoms with Crippen LogP contribution in [0.4, 0.5) is 0 Å². The first-order valence-electron chi connectivity index (χ1n) is 6.22. The molecule has 0 aliphatic carbocycles. The molecule has 0 aromatic carbocycles. The van der Waals surface area contributed by atoms with Crippen LogP contribution in [0.2, 0.25) is 0 Å². The third-order valence-corrected chi connectivity index (χ3v) is 5.12. The SMILES string of the molecule is CCN1CCCC1CNS(=O)(=O)C(C)COC. The van der Waals surface area contributed by atoms with Gasteiger partial charge in [0.2, 0.25) is 10.0 Å². The minimum Gasteiger partial charge on any atom is -0.383 e. The van der Waals surface area contributed by atoms with Gasteiger partial charge in [-0.25, -0.2) is 13.1 Å². The van der Waals surface area contributed by atoms with Crippen LogP contribution in [-0.4, -0.2) is 58.0 Å². The average Bonchev–Trinajstić information content (AvgIpc) is 2.74. The molecule has 1 saturated heterocycles. The minimum absolute atomic E-state index is 0.234. The van der Waals surface area contributed by atoms with Crippen LogP contribution in [0.3, 0.4) is 0 Å². The number of likely N-dealkylation sites (N-methyl/N-ethyl adjacent to an activating group) is 1. The molecule has 0 amide bonds. The van der Waals surface area contributed by atoms with Crippen molar-refractivity contribution in [3.8, 4) is 0 Å². The number of nitrogens with one attached hydrogen (secondary N) is 1. The molecule has 5 nitrogen and oxygen atoms in total. The summed E-state index contributed by atoms with van der Waals surface area (Å²) in [6, 6.07) is 0.351. The van der Waals surface area contributed by atoms with Gasteiger partial charge in [0.15, 0.2) is 0 Å². The second kappa shape index (κ2) is 6.68. The Morgan fingerprint density at radius 1 is 1.53 bits per heavy atom. The predicted molar refractivity (Wildman–Crippen MR) is 68.5 cm³/mol. The van der Waals surface area contributed by atoms with Crippen LogP contribution in [-0.2, 0) is 14.8 Å². The van der Waals surface area contributed by atoms with E-state index in [1.54, 1.807) is 6.92 Å². The van der Waals surface area contributed by atoms with Crippen LogP contribution in [0.1, 0.15) is 26.7 Å². The van der Waals surface area contributed by atoms with Gasteiger partial charge in [0.05, 0.1) is 11.9 Å². The summed E-state index contributed by atoms with van der Waals surface area (Å²) in [6.45, 7) is 6.59. The number of hydrogen-bond donors (Lipinski definition) is 1. The lowest BCUT2D eigenvalue weighted by molar-refractivity contribution is 0.200. The lowest BCUT2D eigenvalue weighted by Gasteiger charge is -2.23. The highest BCUT2D eigenvalue weighted by molar-refractivity contribution is 7.90. The first-order chi connectivity index (χ1) is 8.01. The van der Waals surface area contributed by atoms with Gasteiger partial charge in [-0.05, 0) is 32.9 Å². The van der Waals surface area contributed by atoms with Gasteiger partial charge in [0, 0.05) is 19.7 Å². The zero-order valence-electron chi connectivity index (χ0n) is 11.0. The molecule has 0 bridgehead atoms. The molecule has 6 heteroatoms. The van der Waals surface area contributed by atoms with Gasteiger partial charge >= 0.3 is 0 Å². The van der Waals surface area contributed by atoms with Crippen LogP contribution >= 0.6 is 0 Å². The van der Waals surface area contributed by atoms with Crippen LogP contribution in [0.25, 0.3) is 0 Å². The maximum atomic E-state index is 11.9. The van der Waals surface area contributed by atoms with Gasteiger partial charge in [-0.3, -0.25) is 4.90 Å². The summed E-state index contributed by atoms with van der Waals surface area (Å²) in [5, 5.41) is -0.496. The van der Waals surface area contributed by atoms with Crippen molar-refractivity contribution in [3.63, 3.8) is 0 Å². The first kappa shape index (κ1) is 14.9. The molecule has 2 unspecified atom stereocenters. The standard InChI is InChI=1S/C11H24N2O3S/c1-4-13-7-5-6-11(13)8-12-17(14,15)10(2)9-16-3/h10-12H,4-9H2,1-3H3. The van der Waals surface area contributed by atoms with Crippen molar-refractivity contribution >= 4 is 10.0 Å². The summed E-state index contributed by atoms with van der Waals surface area (Å²) < 4.78 is 31.3. The Balaban J connectivity index is 2.44. The van der Waals surface area contributed by atoms with E-state index < -0.39 is 15.3 Å². The van der Waals surface area contributed by atoms with E-state index >= 15 is 0 Å². The molecule has 102 valence electrons.